The normalized spacial score (nSPS) is 25.0. The lowest BCUT2D eigenvalue weighted by atomic mass is 9.93. The summed E-state index contributed by atoms with van der Waals surface area (Å²) in [5.41, 5.74) is 0. The van der Waals surface area contributed by atoms with Crippen molar-refractivity contribution < 1.29 is 23.4 Å². The minimum absolute atomic E-state index is 0.0436. The zero-order valence-corrected chi connectivity index (χ0v) is 13.0. The van der Waals surface area contributed by atoms with E-state index in [9.17, 15) is 18.3 Å². The molecule has 0 spiro atoms. The summed E-state index contributed by atoms with van der Waals surface area (Å²) in [5, 5.41) is 18.2. The Labute approximate surface area is 125 Å². The van der Waals surface area contributed by atoms with Gasteiger partial charge in [0.05, 0.1) is 0 Å². The molecule has 2 aliphatic rings. The molecular weight excluding hydrogens is 296 g/mol. The molecule has 21 heavy (non-hydrogen) atoms. The lowest BCUT2D eigenvalue weighted by Crippen LogP contribution is -2.57. The maximum atomic E-state index is 12.8. The zero-order chi connectivity index (χ0) is 15.5. The first kappa shape index (κ1) is 16.7. The Bertz CT molecular complexity index is 463. The van der Waals surface area contributed by atoms with Crippen LogP contribution in [0.4, 0.5) is 0 Å². The van der Waals surface area contributed by atoms with E-state index in [2.05, 4.69) is 0 Å². The number of hydrogen-bond donors (Lipinski definition) is 2. The zero-order valence-electron chi connectivity index (χ0n) is 12.1. The van der Waals surface area contributed by atoms with E-state index in [0.717, 1.165) is 30.0 Å². The van der Waals surface area contributed by atoms with Gasteiger partial charge in [0, 0.05) is 25.7 Å². The molecule has 1 aliphatic carbocycles. The third-order valence-corrected chi connectivity index (χ3v) is 6.45. The number of nitrogens with zero attached hydrogens (tertiary/aromatic N) is 2. The van der Waals surface area contributed by atoms with Crippen LogP contribution in [0.25, 0.3) is 0 Å². The topological polar surface area (TPSA) is 98.2 Å². The molecule has 1 unspecified atom stereocenters. The van der Waals surface area contributed by atoms with Crippen molar-refractivity contribution in [1.29, 1.82) is 0 Å². The number of carbonyl (C=O) groups is 1. The number of carboxylic acid groups (broad SMARTS) is 1. The van der Waals surface area contributed by atoms with Gasteiger partial charge in [-0.1, -0.05) is 6.42 Å². The highest BCUT2D eigenvalue weighted by atomic mass is 32.2. The van der Waals surface area contributed by atoms with Crippen LogP contribution in [0.1, 0.15) is 44.9 Å². The second-order valence-electron chi connectivity index (χ2n) is 5.74. The van der Waals surface area contributed by atoms with E-state index < -0.39 is 22.2 Å². The number of carboxylic acids is 1. The van der Waals surface area contributed by atoms with Crippen molar-refractivity contribution in [2.45, 2.75) is 57.0 Å². The Morgan fingerprint density at radius 3 is 2.43 bits per heavy atom. The van der Waals surface area contributed by atoms with E-state index in [1.165, 1.54) is 4.31 Å². The van der Waals surface area contributed by atoms with E-state index in [4.69, 9.17) is 5.11 Å². The smallest absolute Gasteiger partial charge is 0.322 e. The SMILES string of the molecule is O=C(O)C1CCCCN1S(=O)(=O)N(CCCO)C1CCC1. The van der Waals surface area contributed by atoms with Gasteiger partial charge < -0.3 is 10.2 Å². The van der Waals surface area contributed by atoms with Crippen LogP contribution < -0.4 is 0 Å². The van der Waals surface area contributed by atoms with Gasteiger partial charge in [-0.25, -0.2) is 0 Å². The first-order chi connectivity index (χ1) is 9.98. The molecule has 0 radical (unpaired) electrons. The van der Waals surface area contributed by atoms with Gasteiger partial charge in [0.25, 0.3) is 10.2 Å². The van der Waals surface area contributed by atoms with Crippen LogP contribution >= 0.6 is 0 Å². The summed E-state index contributed by atoms with van der Waals surface area (Å²) in [6, 6.07) is -1.00. The van der Waals surface area contributed by atoms with Gasteiger partial charge in [0.1, 0.15) is 6.04 Å². The molecule has 2 fully saturated rings. The predicted octanol–water partition coefficient (Wildman–Crippen LogP) is 0.407. The fraction of sp³-hybridized carbons (Fsp3) is 0.923. The van der Waals surface area contributed by atoms with Crippen molar-refractivity contribution in [3.63, 3.8) is 0 Å². The van der Waals surface area contributed by atoms with Crippen molar-refractivity contribution in [3.8, 4) is 0 Å². The number of aliphatic carboxylic acids is 1. The molecule has 0 aromatic rings. The Kier molecular flexibility index (Phi) is 5.59. The van der Waals surface area contributed by atoms with E-state index in [0.29, 0.717) is 19.3 Å². The number of piperidine rings is 1. The molecule has 8 heteroatoms. The Morgan fingerprint density at radius 2 is 1.90 bits per heavy atom. The van der Waals surface area contributed by atoms with Gasteiger partial charge in [-0.2, -0.15) is 17.0 Å². The average Bonchev–Trinajstić information content (AvgIpc) is 2.41. The second kappa shape index (κ2) is 7.04. The lowest BCUT2D eigenvalue weighted by Gasteiger charge is -2.41. The minimum atomic E-state index is -3.78. The largest absolute Gasteiger partial charge is 0.480 e. The maximum Gasteiger partial charge on any atom is 0.322 e. The van der Waals surface area contributed by atoms with Crippen LogP contribution in [-0.4, -0.2) is 65.0 Å². The summed E-state index contributed by atoms with van der Waals surface area (Å²) in [5.74, 6) is -1.08. The molecule has 2 rings (SSSR count). The first-order valence-corrected chi connectivity index (χ1v) is 9.00. The fourth-order valence-electron chi connectivity index (χ4n) is 2.95. The van der Waals surface area contributed by atoms with Gasteiger partial charge in [-0.15, -0.1) is 0 Å². The van der Waals surface area contributed by atoms with Crippen LogP contribution in [0, 0.1) is 0 Å². The minimum Gasteiger partial charge on any atom is -0.480 e. The number of aliphatic hydroxyl groups is 1. The van der Waals surface area contributed by atoms with Crippen LogP contribution in [0.5, 0.6) is 0 Å². The molecule has 122 valence electrons. The standard InChI is InChI=1S/C13H24N2O5S/c16-10-4-9-14(11-5-3-6-11)21(19,20)15-8-2-1-7-12(15)13(17)18/h11-12,16H,1-10H2,(H,17,18). The fourth-order valence-corrected chi connectivity index (χ4v) is 5.04. The van der Waals surface area contributed by atoms with Crippen molar-refractivity contribution in [2.24, 2.45) is 0 Å². The molecule has 2 N–H and O–H groups in total. The summed E-state index contributed by atoms with van der Waals surface area (Å²) < 4.78 is 28.3. The molecule has 1 aliphatic heterocycles. The van der Waals surface area contributed by atoms with Crippen LogP contribution in [0.3, 0.4) is 0 Å². The van der Waals surface area contributed by atoms with Crippen molar-refractivity contribution in [1.82, 2.24) is 8.61 Å². The lowest BCUT2D eigenvalue weighted by molar-refractivity contribution is -0.142. The molecule has 1 saturated heterocycles. The van der Waals surface area contributed by atoms with E-state index in [1.807, 2.05) is 0 Å². The maximum absolute atomic E-state index is 12.8. The predicted molar refractivity (Wildman–Crippen MR) is 76.9 cm³/mol. The average molecular weight is 320 g/mol. The van der Waals surface area contributed by atoms with Crippen LogP contribution in [0.2, 0.25) is 0 Å². The van der Waals surface area contributed by atoms with Crippen molar-refractivity contribution in [3.05, 3.63) is 0 Å². The molecule has 0 bridgehead atoms. The third-order valence-electron chi connectivity index (χ3n) is 4.35. The van der Waals surface area contributed by atoms with Crippen molar-refractivity contribution in [2.75, 3.05) is 19.7 Å². The molecule has 0 amide bonds. The highest BCUT2D eigenvalue weighted by Crippen LogP contribution is 2.31. The van der Waals surface area contributed by atoms with Crippen LogP contribution in [0.15, 0.2) is 0 Å². The molecule has 0 aromatic carbocycles. The summed E-state index contributed by atoms with van der Waals surface area (Å²) in [6.45, 7) is 0.453. The monoisotopic (exact) mass is 320 g/mol. The highest BCUT2D eigenvalue weighted by molar-refractivity contribution is 7.86. The van der Waals surface area contributed by atoms with Gasteiger partial charge in [0.2, 0.25) is 0 Å². The molecule has 1 heterocycles. The quantitative estimate of drug-likeness (QED) is 0.708. The van der Waals surface area contributed by atoms with E-state index in [-0.39, 0.29) is 25.7 Å². The van der Waals surface area contributed by atoms with Crippen molar-refractivity contribution >= 4 is 16.2 Å². The summed E-state index contributed by atoms with van der Waals surface area (Å²) in [4.78, 5) is 11.3. The van der Waals surface area contributed by atoms with Gasteiger partial charge in [-0.3, -0.25) is 4.79 Å². The first-order valence-electron chi connectivity index (χ1n) is 7.60. The van der Waals surface area contributed by atoms with Gasteiger partial charge in [-0.05, 0) is 38.5 Å². The Morgan fingerprint density at radius 1 is 1.19 bits per heavy atom. The molecule has 7 nitrogen and oxygen atoms in total. The molecular formula is C13H24N2O5S. The molecule has 1 saturated carbocycles. The number of hydrogen-bond acceptors (Lipinski definition) is 4. The number of rotatable bonds is 7. The second-order valence-corrected chi connectivity index (χ2v) is 7.57. The summed E-state index contributed by atoms with van der Waals surface area (Å²) >= 11 is 0. The summed E-state index contributed by atoms with van der Waals surface area (Å²) in [6.07, 6.45) is 4.81. The van der Waals surface area contributed by atoms with Gasteiger partial charge in [0.15, 0.2) is 0 Å². The molecule has 0 aromatic heterocycles. The Balaban J connectivity index is 2.20. The molecule has 1 atom stereocenters. The van der Waals surface area contributed by atoms with E-state index >= 15 is 0 Å². The van der Waals surface area contributed by atoms with Gasteiger partial charge >= 0.3 is 5.97 Å². The highest BCUT2D eigenvalue weighted by Gasteiger charge is 2.43. The third kappa shape index (κ3) is 3.56. The van der Waals surface area contributed by atoms with Crippen LogP contribution in [-0.2, 0) is 15.0 Å². The Hall–Kier alpha value is -0.700. The van der Waals surface area contributed by atoms with E-state index in [1.54, 1.807) is 0 Å². The number of aliphatic hydroxyl groups excluding tert-OH is 1. The summed E-state index contributed by atoms with van der Waals surface area (Å²) in [7, 11) is -3.78.